The summed E-state index contributed by atoms with van der Waals surface area (Å²) in [5, 5.41) is 3.43. The summed E-state index contributed by atoms with van der Waals surface area (Å²) in [6.07, 6.45) is 1.88. The van der Waals surface area contributed by atoms with Crippen LogP contribution in [0.15, 0.2) is 35.1 Å². The molecular weight excluding hydrogens is 531 g/mol. The fraction of sp³-hybridized carbons (Fsp3) is 0.348. The Kier molecular flexibility index (Phi) is 7.61. The molecule has 3 aromatic rings. The van der Waals surface area contributed by atoms with Gasteiger partial charge in [0, 0.05) is 29.2 Å². The predicted octanol–water partition coefficient (Wildman–Crippen LogP) is 5.73. The standard InChI is InChI=1S/C23H25BrCl2N4O3/c1-13-20(24)30-10-6-7-17(21(30)27-13)33-12-14-15(25)8-9-16(19(14)26)28-18(31)11-29(5)22(32)23(2,3)4/h6-10H,11-12H2,1-5H3,(H,28,31). The number of benzene rings is 1. The molecule has 0 aliphatic rings. The van der Waals surface area contributed by atoms with Crippen molar-refractivity contribution in [2.75, 3.05) is 18.9 Å². The van der Waals surface area contributed by atoms with Crippen molar-refractivity contribution in [1.29, 1.82) is 0 Å². The number of carbonyl (C=O) groups excluding carboxylic acids is 2. The summed E-state index contributed by atoms with van der Waals surface area (Å²) in [6, 6.07) is 6.92. The molecule has 176 valence electrons. The molecule has 0 bridgehead atoms. The van der Waals surface area contributed by atoms with Crippen molar-refractivity contribution in [2.45, 2.75) is 34.3 Å². The van der Waals surface area contributed by atoms with E-state index in [4.69, 9.17) is 27.9 Å². The predicted molar refractivity (Wildman–Crippen MR) is 134 cm³/mol. The smallest absolute Gasteiger partial charge is 0.244 e. The largest absolute Gasteiger partial charge is 0.485 e. The van der Waals surface area contributed by atoms with Crippen LogP contribution in [0.5, 0.6) is 5.75 Å². The Balaban J connectivity index is 1.76. The van der Waals surface area contributed by atoms with Gasteiger partial charge in [0.15, 0.2) is 11.4 Å². The molecule has 3 rings (SSSR count). The molecule has 7 nitrogen and oxygen atoms in total. The Morgan fingerprint density at radius 2 is 1.94 bits per heavy atom. The molecule has 0 aliphatic heterocycles. The quantitative estimate of drug-likeness (QED) is 0.421. The molecule has 0 radical (unpaired) electrons. The number of rotatable bonds is 6. The van der Waals surface area contributed by atoms with E-state index in [1.165, 1.54) is 4.90 Å². The van der Waals surface area contributed by atoms with E-state index in [2.05, 4.69) is 26.2 Å². The van der Waals surface area contributed by atoms with Gasteiger partial charge in [0.2, 0.25) is 11.8 Å². The third-order valence-electron chi connectivity index (χ3n) is 4.92. The molecule has 1 aromatic carbocycles. The molecule has 2 aromatic heterocycles. The van der Waals surface area contributed by atoms with E-state index in [0.29, 0.717) is 27.7 Å². The van der Waals surface area contributed by atoms with Crippen molar-refractivity contribution in [1.82, 2.24) is 14.3 Å². The minimum Gasteiger partial charge on any atom is -0.485 e. The first-order valence-electron chi connectivity index (χ1n) is 10.2. The van der Waals surface area contributed by atoms with Gasteiger partial charge in [0.05, 0.1) is 22.9 Å². The number of fused-ring (bicyclic) bond motifs is 1. The van der Waals surface area contributed by atoms with Crippen LogP contribution in [0.4, 0.5) is 5.69 Å². The van der Waals surface area contributed by atoms with Gasteiger partial charge in [-0.3, -0.25) is 14.0 Å². The van der Waals surface area contributed by atoms with E-state index in [1.807, 2.05) is 29.7 Å². The topological polar surface area (TPSA) is 75.9 Å². The summed E-state index contributed by atoms with van der Waals surface area (Å²) in [6.45, 7) is 7.28. The molecule has 0 spiro atoms. The molecule has 0 aliphatic carbocycles. The number of ether oxygens (including phenoxy) is 1. The zero-order chi connectivity index (χ0) is 24.5. The first-order valence-corrected chi connectivity index (χ1v) is 11.7. The molecule has 0 atom stereocenters. The first-order chi connectivity index (χ1) is 15.4. The second kappa shape index (κ2) is 9.91. The monoisotopic (exact) mass is 554 g/mol. The molecule has 0 saturated heterocycles. The summed E-state index contributed by atoms with van der Waals surface area (Å²) in [5.41, 5.74) is 1.83. The van der Waals surface area contributed by atoms with Gasteiger partial charge in [-0.1, -0.05) is 44.0 Å². The van der Waals surface area contributed by atoms with Crippen LogP contribution in [0.3, 0.4) is 0 Å². The fourth-order valence-electron chi connectivity index (χ4n) is 3.27. The van der Waals surface area contributed by atoms with E-state index in [9.17, 15) is 9.59 Å². The first kappa shape index (κ1) is 25.3. The van der Waals surface area contributed by atoms with Gasteiger partial charge in [0.25, 0.3) is 0 Å². The Labute approximate surface area is 211 Å². The lowest BCUT2D eigenvalue weighted by atomic mass is 9.95. The zero-order valence-electron chi connectivity index (χ0n) is 19.0. The molecule has 33 heavy (non-hydrogen) atoms. The maximum atomic E-state index is 12.5. The Morgan fingerprint density at radius 1 is 1.24 bits per heavy atom. The second-order valence-electron chi connectivity index (χ2n) is 8.69. The highest BCUT2D eigenvalue weighted by molar-refractivity contribution is 9.10. The van der Waals surface area contributed by atoms with Crippen LogP contribution in [0, 0.1) is 12.3 Å². The number of carbonyl (C=O) groups is 2. The van der Waals surface area contributed by atoms with Gasteiger partial charge >= 0.3 is 0 Å². The van der Waals surface area contributed by atoms with Crippen molar-refractivity contribution in [3.63, 3.8) is 0 Å². The van der Waals surface area contributed by atoms with Gasteiger partial charge in [-0.15, -0.1) is 0 Å². The number of nitrogens with zero attached hydrogens (tertiary/aromatic N) is 3. The summed E-state index contributed by atoms with van der Waals surface area (Å²) < 4.78 is 8.71. The normalized spacial score (nSPS) is 11.5. The maximum Gasteiger partial charge on any atom is 0.244 e. The number of nitrogens with one attached hydrogen (secondary N) is 1. The van der Waals surface area contributed by atoms with Crippen LogP contribution in [0.1, 0.15) is 32.0 Å². The second-order valence-corrected chi connectivity index (χ2v) is 10.2. The Bertz CT molecular complexity index is 1220. The number of pyridine rings is 1. The summed E-state index contributed by atoms with van der Waals surface area (Å²) >= 11 is 16.4. The molecule has 0 saturated carbocycles. The zero-order valence-corrected chi connectivity index (χ0v) is 22.1. The Morgan fingerprint density at radius 3 is 2.61 bits per heavy atom. The average Bonchev–Trinajstić information content (AvgIpc) is 3.03. The number of anilines is 1. The van der Waals surface area contributed by atoms with Gasteiger partial charge in [-0.25, -0.2) is 4.98 Å². The molecule has 2 amide bonds. The summed E-state index contributed by atoms with van der Waals surface area (Å²) in [5.74, 6) is 0.0628. The third kappa shape index (κ3) is 5.62. The number of amides is 2. The van der Waals surface area contributed by atoms with Crippen molar-refractivity contribution in [3.8, 4) is 5.75 Å². The van der Waals surface area contributed by atoms with Crippen molar-refractivity contribution in [3.05, 3.63) is 56.4 Å². The van der Waals surface area contributed by atoms with Gasteiger partial charge < -0.3 is 15.0 Å². The highest BCUT2D eigenvalue weighted by Crippen LogP contribution is 2.33. The summed E-state index contributed by atoms with van der Waals surface area (Å²) in [7, 11) is 1.59. The number of aryl methyl sites for hydroxylation is 1. The lowest BCUT2D eigenvalue weighted by Crippen LogP contribution is -2.41. The van der Waals surface area contributed by atoms with Crippen LogP contribution >= 0.6 is 39.1 Å². The Hall–Kier alpha value is -2.29. The highest BCUT2D eigenvalue weighted by atomic mass is 79.9. The number of aromatic nitrogens is 2. The minimum atomic E-state index is -0.580. The molecule has 0 unspecified atom stereocenters. The average molecular weight is 556 g/mol. The minimum absolute atomic E-state index is 0.0764. The van der Waals surface area contributed by atoms with Crippen LogP contribution in [-0.2, 0) is 16.2 Å². The SMILES string of the molecule is Cc1nc2c(OCc3c(Cl)ccc(NC(=O)CN(C)C(=O)C(C)(C)C)c3Cl)cccn2c1Br. The van der Waals surface area contributed by atoms with E-state index < -0.39 is 5.41 Å². The molecular formula is C23H25BrCl2N4O3. The number of hydrogen-bond acceptors (Lipinski definition) is 4. The number of likely N-dealkylation sites (N-methyl/N-ethyl adjacent to an activating group) is 1. The van der Waals surface area contributed by atoms with Crippen molar-refractivity contribution in [2.24, 2.45) is 5.41 Å². The molecule has 2 heterocycles. The fourth-order valence-corrected chi connectivity index (χ4v) is 4.17. The summed E-state index contributed by atoms with van der Waals surface area (Å²) in [4.78, 5) is 30.8. The van der Waals surface area contributed by atoms with E-state index >= 15 is 0 Å². The van der Waals surface area contributed by atoms with Crippen molar-refractivity contribution < 1.29 is 14.3 Å². The highest BCUT2D eigenvalue weighted by Gasteiger charge is 2.26. The van der Waals surface area contributed by atoms with Crippen LogP contribution < -0.4 is 10.1 Å². The van der Waals surface area contributed by atoms with E-state index in [-0.39, 0.29) is 30.0 Å². The van der Waals surface area contributed by atoms with E-state index in [0.717, 1.165) is 10.3 Å². The van der Waals surface area contributed by atoms with E-state index in [1.54, 1.807) is 40.0 Å². The van der Waals surface area contributed by atoms with Gasteiger partial charge in [0.1, 0.15) is 11.2 Å². The maximum absolute atomic E-state index is 12.5. The molecule has 0 fully saturated rings. The van der Waals surface area contributed by atoms with Crippen LogP contribution in [0.2, 0.25) is 10.0 Å². The molecule has 10 heteroatoms. The third-order valence-corrected chi connectivity index (χ3v) is 6.66. The lowest BCUT2D eigenvalue weighted by molar-refractivity contribution is -0.140. The number of hydrogen-bond donors (Lipinski definition) is 1. The van der Waals surface area contributed by atoms with Crippen LogP contribution in [0.25, 0.3) is 5.65 Å². The lowest BCUT2D eigenvalue weighted by Gasteiger charge is -2.25. The van der Waals surface area contributed by atoms with Gasteiger partial charge in [-0.05, 0) is 47.1 Å². The van der Waals surface area contributed by atoms with Crippen molar-refractivity contribution >= 4 is 62.3 Å². The number of imidazole rings is 1. The van der Waals surface area contributed by atoms with Gasteiger partial charge in [-0.2, -0.15) is 0 Å². The number of halogens is 3. The van der Waals surface area contributed by atoms with Crippen LogP contribution in [-0.4, -0.2) is 39.7 Å². The molecule has 1 N–H and O–H groups in total.